The number of nitrogens with one attached hydrogen (secondary N) is 1. The number of aliphatic hydroxyl groups excluding tert-OH is 1. The van der Waals surface area contributed by atoms with Gasteiger partial charge in [0.25, 0.3) is 0 Å². The van der Waals surface area contributed by atoms with Crippen molar-refractivity contribution in [2.75, 3.05) is 12.4 Å². The lowest BCUT2D eigenvalue weighted by molar-refractivity contribution is -0.132. The van der Waals surface area contributed by atoms with Gasteiger partial charge in [0.2, 0.25) is 11.6 Å². The van der Waals surface area contributed by atoms with Crippen molar-refractivity contribution >= 4 is 23.2 Å². The highest BCUT2D eigenvalue weighted by Gasteiger charge is 2.55. The van der Waals surface area contributed by atoms with Gasteiger partial charge in [-0.25, -0.2) is 4.79 Å². The molecule has 0 spiro atoms. The fourth-order valence-electron chi connectivity index (χ4n) is 11.5. The molecular weight excluding hydrogens is 654 g/mol. The number of carbonyl (C=O) groups is 3. The number of phenols is 2. The number of allylic oxidation sites excluding steroid dienone is 6. The fraction of sp³-hybridized carbons (Fsp3) is 0.614. The number of hydrogen-bond donors (Lipinski definition) is 4. The zero-order valence-corrected chi connectivity index (χ0v) is 32.7. The molecule has 2 fully saturated rings. The molecule has 8 atom stereocenters. The molecule has 0 bridgehead atoms. The number of methoxy groups -OCH3 is 1. The van der Waals surface area contributed by atoms with Gasteiger partial charge in [0, 0.05) is 11.6 Å². The first kappa shape index (κ1) is 37.9. The highest BCUT2D eigenvalue weighted by atomic mass is 16.5. The lowest BCUT2D eigenvalue weighted by Crippen LogP contribution is -2.50. The van der Waals surface area contributed by atoms with Crippen LogP contribution in [0.5, 0.6) is 11.5 Å². The van der Waals surface area contributed by atoms with Crippen molar-refractivity contribution in [3.63, 3.8) is 0 Å². The van der Waals surface area contributed by atoms with Gasteiger partial charge in [0.1, 0.15) is 22.8 Å². The molecule has 0 aromatic heterocycles. The van der Waals surface area contributed by atoms with E-state index in [9.17, 15) is 29.7 Å². The Labute approximate surface area is 309 Å². The molecule has 0 amide bonds. The van der Waals surface area contributed by atoms with Crippen molar-refractivity contribution in [1.82, 2.24) is 0 Å². The maximum Gasteiger partial charge on any atom is 0.341 e. The van der Waals surface area contributed by atoms with Crippen LogP contribution in [-0.2, 0) is 20.7 Å². The Hall–Kier alpha value is -3.81. The Balaban J connectivity index is 1.40. The van der Waals surface area contributed by atoms with Gasteiger partial charge in [0.15, 0.2) is 5.75 Å². The van der Waals surface area contributed by atoms with Crippen LogP contribution in [0.25, 0.3) is 0 Å². The lowest BCUT2D eigenvalue weighted by Gasteiger charge is -2.58. The van der Waals surface area contributed by atoms with Crippen LogP contribution < -0.4 is 5.32 Å². The predicted molar refractivity (Wildman–Crippen MR) is 203 cm³/mol. The smallest absolute Gasteiger partial charge is 0.341 e. The molecule has 0 saturated heterocycles. The first-order valence-electron chi connectivity index (χ1n) is 19.3. The fourth-order valence-corrected chi connectivity index (χ4v) is 11.5. The number of aliphatic hydroxyl groups is 1. The number of rotatable bonds is 7. The van der Waals surface area contributed by atoms with Crippen molar-refractivity contribution in [3.8, 4) is 11.5 Å². The number of anilines is 1. The molecule has 0 radical (unpaired) electrons. The van der Waals surface area contributed by atoms with Gasteiger partial charge in [-0.1, -0.05) is 64.8 Å². The maximum atomic E-state index is 13.6. The third-order valence-electron chi connectivity index (χ3n) is 15.6. The number of fused-ring (bicyclic) bond motifs is 2. The Bertz CT molecular complexity index is 1830. The van der Waals surface area contributed by atoms with E-state index >= 15 is 0 Å². The highest BCUT2D eigenvalue weighted by molar-refractivity contribution is 6.48. The van der Waals surface area contributed by atoms with Crippen LogP contribution in [0.3, 0.4) is 0 Å². The minimum absolute atomic E-state index is 0.0155. The first-order valence-corrected chi connectivity index (χ1v) is 19.3. The average molecular weight is 714 g/mol. The van der Waals surface area contributed by atoms with E-state index in [1.54, 1.807) is 0 Å². The van der Waals surface area contributed by atoms with E-state index in [0.29, 0.717) is 23.8 Å². The van der Waals surface area contributed by atoms with E-state index in [2.05, 4.69) is 72.9 Å². The van der Waals surface area contributed by atoms with Crippen molar-refractivity contribution in [2.24, 2.45) is 45.3 Å². The van der Waals surface area contributed by atoms with Crippen molar-refractivity contribution in [1.29, 1.82) is 0 Å². The number of phenolic OH excluding ortho intramolecular Hbond substituents is 2. The molecule has 8 nitrogen and oxygen atoms in total. The number of ketones is 2. The van der Waals surface area contributed by atoms with Gasteiger partial charge in [-0.15, -0.1) is 0 Å². The van der Waals surface area contributed by atoms with Gasteiger partial charge < -0.3 is 25.4 Å². The minimum Gasteiger partial charge on any atom is -0.505 e. The monoisotopic (exact) mass is 713 g/mol. The van der Waals surface area contributed by atoms with E-state index in [0.717, 1.165) is 57.4 Å². The number of aromatic hydroxyl groups is 2. The third kappa shape index (κ3) is 5.74. The topological polar surface area (TPSA) is 133 Å². The summed E-state index contributed by atoms with van der Waals surface area (Å²) in [5, 5.41) is 38.2. The van der Waals surface area contributed by atoms with E-state index in [1.807, 2.05) is 0 Å². The standard InChI is InChI=1S/C44H59NO7/c1-24-12-10-14-33-41(24,5)18-16-26(3)43(33,7)22-28-20-29(40(51)52-9)39(50)35(36(28)47)45-31-21-32(46)38(49)30(37(31)48)23-44(8)27(4)17-19-42(6)25(2)13-11-15-34(42)44/h12-13,20-21,26-27,33-34,45,47-48,50H,10-11,14-19,22-23H2,1-9H3. The van der Waals surface area contributed by atoms with E-state index < -0.39 is 23.3 Å². The SMILES string of the molecule is COC(=O)c1cc(CC2(C)C(C)CCC3(C)C(C)=CCCC32)c(O)c(NC2=CC(=O)C(=O)C(CC3(C)C(C)CCC4(C)C(C)=CCCC43)=C2O)c1O. The molecule has 5 aliphatic rings. The lowest BCUT2D eigenvalue weighted by atomic mass is 9.46. The summed E-state index contributed by atoms with van der Waals surface area (Å²) in [5.41, 5.74) is 2.13. The summed E-state index contributed by atoms with van der Waals surface area (Å²) in [4.78, 5) is 40.0. The number of carbonyl (C=O) groups excluding carboxylic acids is 3. The predicted octanol–water partition coefficient (Wildman–Crippen LogP) is 9.67. The average Bonchev–Trinajstić information content (AvgIpc) is 3.10. The molecule has 8 heteroatoms. The zero-order valence-electron chi connectivity index (χ0n) is 32.7. The molecule has 4 N–H and O–H groups in total. The van der Waals surface area contributed by atoms with Crippen molar-refractivity contribution in [3.05, 3.63) is 63.6 Å². The quantitative estimate of drug-likeness (QED) is 0.0722. The zero-order chi connectivity index (χ0) is 38.1. The van der Waals surface area contributed by atoms with E-state index in [4.69, 9.17) is 4.74 Å². The largest absolute Gasteiger partial charge is 0.505 e. The summed E-state index contributed by atoms with van der Waals surface area (Å²) >= 11 is 0. The van der Waals surface area contributed by atoms with E-state index in [-0.39, 0.29) is 73.9 Å². The summed E-state index contributed by atoms with van der Waals surface area (Å²) in [7, 11) is 1.23. The number of hydrogen-bond acceptors (Lipinski definition) is 8. The second kappa shape index (κ2) is 13.2. The molecule has 6 rings (SSSR count). The molecular formula is C44H59NO7. The van der Waals surface area contributed by atoms with Gasteiger partial charge >= 0.3 is 5.97 Å². The molecule has 8 unspecified atom stereocenters. The maximum absolute atomic E-state index is 13.6. The Morgan fingerprint density at radius 3 is 1.87 bits per heavy atom. The van der Waals surface area contributed by atoms with Gasteiger partial charge in [-0.3, -0.25) is 9.59 Å². The molecule has 52 heavy (non-hydrogen) atoms. The number of benzene rings is 1. The van der Waals surface area contributed by atoms with Gasteiger partial charge in [-0.05, 0) is 135 Å². The van der Waals surface area contributed by atoms with E-state index in [1.165, 1.54) is 24.3 Å². The third-order valence-corrected chi connectivity index (χ3v) is 15.6. The van der Waals surface area contributed by atoms with Gasteiger partial charge in [-0.2, -0.15) is 0 Å². The molecule has 282 valence electrons. The summed E-state index contributed by atoms with van der Waals surface area (Å²) in [6.07, 6.45) is 14.4. The summed E-state index contributed by atoms with van der Waals surface area (Å²) in [6, 6.07) is 1.51. The van der Waals surface area contributed by atoms with Crippen LogP contribution in [0.1, 0.15) is 129 Å². The summed E-state index contributed by atoms with van der Waals surface area (Å²) < 4.78 is 5.05. The molecule has 1 aromatic rings. The molecule has 0 aliphatic heterocycles. The normalized spacial score (nSPS) is 36.3. The van der Waals surface area contributed by atoms with Crippen molar-refractivity contribution < 1.29 is 34.4 Å². The van der Waals surface area contributed by atoms with Crippen LogP contribution >= 0.6 is 0 Å². The van der Waals surface area contributed by atoms with Crippen LogP contribution in [-0.4, -0.2) is 40.0 Å². The molecule has 5 aliphatic carbocycles. The highest BCUT2D eigenvalue weighted by Crippen LogP contribution is 2.64. The Morgan fingerprint density at radius 2 is 1.35 bits per heavy atom. The van der Waals surface area contributed by atoms with Crippen LogP contribution in [0, 0.1) is 45.3 Å². The molecule has 0 heterocycles. The summed E-state index contributed by atoms with van der Waals surface area (Å²) in [5.74, 6) is -2.42. The first-order chi connectivity index (χ1) is 24.3. The second-order valence-corrected chi connectivity index (χ2v) is 18.0. The molecule has 1 aromatic carbocycles. The van der Waals surface area contributed by atoms with Gasteiger partial charge in [0.05, 0.1) is 12.8 Å². The van der Waals surface area contributed by atoms with Crippen LogP contribution in [0.15, 0.2) is 52.5 Å². The summed E-state index contributed by atoms with van der Waals surface area (Å²) in [6.45, 7) is 18.0. The molecule has 2 saturated carbocycles. The Morgan fingerprint density at radius 1 is 0.827 bits per heavy atom. The van der Waals surface area contributed by atoms with Crippen LogP contribution in [0.4, 0.5) is 5.69 Å². The number of Topliss-reactive ketones (excluding diaryl/α,β-unsaturated/α-hetero) is 1. The number of esters is 1. The van der Waals surface area contributed by atoms with Crippen molar-refractivity contribution in [2.45, 2.75) is 120 Å². The second-order valence-electron chi connectivity index (χ2n) is 18.0. The Kier molecular flexibility index (Phi) is 9.66. The van der Waals surface area contributed by atoms with Crippen LogP contribution in [0.2, 0.25) is 0 Å². The number of ether oxygens (including phenoxy) is 1. The minimum atomic E-state index is -0.795.